The number of carbonyl (C=O) groups excluding carboxylic acids is 2. The predicted molar refractivity (Wildman–Crippen MR) is 74.1 cm³/mol. The van der Waals surface area contributed by atoms with Crippen LogP contribution in [0.3, 0.4) is 0 Å². The van der Waals surface area contributed by atoms with E-state index in [1.54, 1.807) is 6.07 Å². The maximum absolute atomic E-state index is 11.6. The Kier molecular flexibility index (Phi) is 5.24. The Morgan fingerprint density at radius 2 is 2.25 bits per heavy atom. The van der Waals surface area contributed by atoms with Gasteiger partial charge < -0.3 is 10.6 Å². The van der Waals surface area contributed by atoms with Crippen molar-refractivity contribution < 1.29 is 9.59 Å². The molecule has 7 nitrogen and oxygen atoms in total. The first-order chi connectivity index (χ1) is 9.75. The van der Waals surface area contributed by atoms with Crippen LogP contribution in [-0.2, 0) is 11.3 Å². The van der Waals surface area contributed by atoms with Gasteiger partial charge in [0.25, 0.3) is 5.91 Å². The van der Waals surface area contributed by atoms with Gasteiger partial charge in [-0.25, -0.2) is 4.98 Å². The maximum Gasteiger partial charge on any atom is 0.261 e. The summed E-state index contributed by atoms with van der Waals surface area (Å²) in [5.74, 6) is 0.443. The first-order valence-corrected chi connectivity index (χ1v) is 7.06. The zero-order valence-corrected chi connectivity index (χ0v) is 11.6. The number of H-pyrrole nitrogens is 1. The summed E-state index contributed by atoms with van der Waals surface area (Å²) in [7, 11) is 0. The molecule has 2 rings (SSSR count). The Hall–Kier alpha value is -2.22. The maximum atomic E-state index is 11.6. The van der Waals surface area contributed by atoms with E-state index in [1.165, 1.54) is 17.7 Å². The fourth-order valence-corrected chi connectivity index (χ4v) is 2.17. The van der Waals surface area contributed by atoms with Crippen LogP contribution >= 0.6 is 11.3 Å². The fraction of sp³-hybridized carbons (Fsp3) is 0.333. The number of amides is 2. The van der Waals surface area contributed by atoms with E-state index in [0.29, 0.717) is 36.6 Å². The molecule has 2 heterocycles. The van der Waals surface area contributed by atoms with E-state index < -0.39 is 0 Å². The molecule has 0 aromatic carbocycles. The van der Waals surface area contributed by atoms with Crippen LogP contribution in [-0.4, -0.2) is 33.5 Å². The van der Waals surface area contributed by atoms with E-state index in [2.05, 4.69) is 25.8 Å². The number of nitrogens with zero attached hydrogens (tertiary/aromatic N) is 2. The molecule has 0 saturated heterocycles. The second-order valence-corrected chi connectivity index (χ2v) is 4.99. The van der Waals surface area contributed by atoms with E-state index in [4.69, 9.17) is 0 Å². The molecule has 0 aliphatic carbocycles. The van der Waals surface area contributed by atoms with Crippen LogP contribution in [0.2, 0.25) is 0 Å². The molecule has 20 heavy (non-hydrogen) atoms. The molecule has 2 aromatic heterocycles. The van der Waals surface area contributed by atoms with Crippen LogP contribution < -0.4 is 10.6 Å². The molecule has 106 valence electrons. The van der Waals surface area contributed by atoms with E-state index in [0.717, 1.165) is 0 Å². The van der Waals surface area contributed by atoms with Crippen molar-refractivity contribution in [2.45, 2.75) is 19.4 Å². The van der Waals surface area contributed by atoms with Gasteiger partial charge in [0.1, 0.15) is 12.2 Å². The van der Waals surface area contributed by atoms with Crippen molar-refractivity contribution in [2.75, 3.05) is 6.54 Å². The summed E-state index contributed by atoms with van der Waals surface area (Å²) < 4.78 is 0. The van der Waals surface area contributed by atoms with Gasteiger partial charge in [-0.05, 0) is 17.9 Å². The number of thiophene rings is 1. The number of hydrogen-bond acceptors (Lipinski definition) is 5. The molecule has 8 heteroatoms. The summed E-state index contributed by atoms with van der Waals surface area (Å²) in [5, 5.41) is 13.7. The second-order valence-electron chi connectivity index (χ2n) is 4.05. The summed E-state index contributed by atoms with van der Waals surface area (Å²) in [4.78, 5) is 27.7. The van der Waals surface area contributed by atoms with Crippen molar-refractivity contribution in [3.63, 3.8) is 0 Å². The highest BCUT2D eigenvalue weighted by atomic mass is 32.1. The third kappa shape index (κ3) is 4.47. The number of aromatic nitrogens is 3. The van der Waals surface area contributed by atoms with Gasteiger partial charge in [-0.2, -0.15) is 5.10 Å². The largest absolute Gasteiger partial charge is 0.351 e. The summed E-state index contributed by atoms with van der Waals surface area (Å²) in [6.45, 7) is 0.812. The standard InChI is InChI=1S/C12H15N5O2S/c18-11(14-7-10-15-8-16-17-10)4-1-5-13-12(19)9-3-2-6-20-9/h2-3,6,8H,1,4-5,7H2,(H,13,19)(H,14,18)(H,15,16,17). The Morgan fingerprint density at radius 3 is 2.95 bits per heavy atom. The van der Waals surface area contributed by atoms with Crippen molar-refractivity contribution >= 4 is 23.2 Å². The number of aromatic amines is 1. The SMILES string of the molecule is O=C(CCCNC(=O)c1cccs1)NCc1ncn[nH]1. The molecule has 0 aliphatic rings. The minimum atomic E-state index is -0.0953. The monoisotopic (exact) mass is 293 g/mol. The van der Waals surface area contributed by atoms with Gasteiger partial charge in [0.2, 0.25) is 5.91 Å². The third-order valence-electron chi connectivity index (χ3n) is 2.53. The Balaban J connectivity index is 1.56. The van der Waals surface area contributed by atoms with E-state index >= 15 is 0 Å². The smallest absolute Gasteiger partial charge is 0.261 e. The average molecular weight is 293 g/mol. The highest BCUT2D eigenvalue weighted by molar-refractivity contribution is 7.12. The normalized spacial score (nSPS) is 10.2. The molecule has 0 aliphatic heterocycles. The molecule has 0 radical (unpaired) electrons. The second kappa shape index (κ2) is 7.39. The lowest BCUT2D eigenvalue weighted by atomic mass is 10.3. The Labute approximate surface area is 119 Å². The molecule has 0 unspecified atom stereocenters. The van der Waals surface area contributed by atoms with Crippen LogP contribution in [0.15, 0.2) is 23.8 Å². The van der Waals surface area contributed by atoms with Crippen LogP contribution in [0.25, 0.3) is 0 Å². The van der Waals surface area contributed by atoms with Crippen LogP contribution in [0, 0.1) is 0 Å². The predicted octanol–water partition coefficient (Wildman–Crippen LogP) is 0.693. The summed E-state index contributed by atoms with van der Waals surface area (Å²) in [5.41, 5.74) is 0. The highest BCUT2D eigenvalue weighted by Gasteiger charge is 2.06. The average Bonchev–Trinajstić information content (AvgIpc) is 3.13. The molecule has 0 fully saturated rings. The summed E-state index contributed by atoms with van der Waals surface area (Å²) in [6.07, 6.45) is 2.35. The van der Waals surface area contributed by atoms with Gasteiger partial charge in [0.05, 0.1) is 11.4 Å². The van der Waals surface area contributed by atoms with Gasteiger partial charge in [-0.15, -0.1) is 11.3 Å². The van der Waals surface area contributed by atoms with Gasteiger partial charge in [-0.3, -0.25) is 14.7 Å². The molecule has 0 saturated carbocycles. The van der Waals surface area contributed by atoms with Crippen LogP contribution in [0.5, 0.6) is 0 Å². The fourth-order valence-electron chi connectivity index (χ4n) is 1.53. The number of carbonyl (C=O) groups is 2. The van der Waals surface area contributed by atoms with E-state index in [-0.39, 0.29) is 11.8 Å². The molecule has 0 bridgehead atoms. The quantitative estimate of drug-likeness (QED) is 0.654. The molecule has 2 amide bonds. The molecule has 0 atom stereocenters. The number of hydrogen-bond donors (Lipinski definition) is 3. The topological polar surface area (TPSA) is 99.8 Å². The molecule has 3 N–H and O–H groups in total. The van der Waals surface area contributed by atoms with E-state index in [1.807, 2.05) is 11.4 Å². The first-order valence-electron chi connectivity index (χ1n) is 6.18. The molecule has 2 aromatic rings. The van der Waals surface area contributed by atoms with Gasteiger partial charge in [0, 0.05) is 13.0 Å². The van der Waals surface area contributed by atoms with Crippen molar-refractivity contribution in [1.82, 2.24) is 25.8 Å². The zero-order chi connectivity index (χ0) is 14.2. The van der Waals surface area contributed by atoms with Gasteiger partial charge in [0.15, 0.2) is 0 Å². The van der Waals surface area contributed by atoms with Crippen LogP contribution in [0.4, 0.5) is 0 Å². The van der Waals surface area contributed by atoms with Gasteiger partial charge >= 0.3 is 0 Å². The molecule has 0 spiro atoms. The summed E-state index contributed by atoms with van der Waals surface area (Å²) in [6, 6.07) is 3.60. The lowest BCUT2D eigenvalue weighted by molar-refractivity contribution is -0.121. The third-order valence-corrected chi connectivity index (χ3v) is 3.40. The lowest BCUT2D eigenvalue weighted by Crippen LogP contribution is -2.27. The first kappa shape index (κ1) is 14.2. The van der Waals surface area contributed by atoms with E-state index in [9.17, 15) is 9.59 Å². The van der Waals surface area contributed by atoms with Crippen molar-refractivity contribution in [3.05, 3.63) is 34.5 Å². The van der Waals surface area contributed by atoms with Crippen molar-refractivity contribution in [3.8, 4) is 0 Å². The van der Waals surface area contributed by atoms with Gasteiger partial charge in [-0.1, -0.05) is 6.07 Å². The Morgan fingerprint density at radius 1 is 1.35 bits per heavy atom. The van der Waals surface area contributed by atoms with Crippen molar-refractivity contribution in [1.29, 1.82) is 0 Å². The minimum absolute atomic E-state index is 0.0771. The number of nitrogens with one attached hydrogen (secondary N) is 3. The summed E-state index contributed by atoms with van der Waals surface area (Å²) >= 11 is 1.39. The minimum Gasteiger partial charge on any atom is -0.351 e. The molecular formula is C12H15N5O2S. The lowest BCUT2D eigenvalue weighted by Gasteiger charge is -2.04. The highest BCUT2D eigenvalue weighted by Crippen LogP contribution is 2.07. The Bertz CT molecular complexity index is 538. The molecular weight excluding hydrogens is 278 g/mol. The zero-order valence-electron chi connectivity index (χ0n) is 10.8. The van der Waals surface area contributed by atoms with Crippen molar-refractivity contribution in [2.24, 2.45) is 0 Å². The van der Waals surface area contributed by atoms with Crippen LogP contribution in [0.1, 0.15) is 28.3 Å². The number of rotatable bonds is 7.